The quantitative estimate of drug-likeness (QED) is 0.336. The molecule has 228 valence electrons. The summed E-state index contributed by atoms with van der Waals surface area (Å²) in [6.07, 6.45) is 6.19. The van der Waals surface area contributed by atoms with Crippen LogP contribution in [-0.4, -0.2) is 69.8 Å². The molecule has 1 unspecified atom stereocenters. The second-order valence-corrected chi connectivity index (χ2v) is 12.2. The molecule has 2 fully saturated rings. The fraction of sp³-hybridized carbons (Fsp3) is 0.500. The number of aryl methyl sites for hydroxylation is 2. The standard InChI is InChI=1S/C34H44N6O3/c1-4-43-34(42)37-19-16-32-31(23-37)35-25(3)40(32)30-21-28-14-15-29(22-30)38(28)17-9-18-39(27-12-6-5-7-13-27)33(41)36-26-11-8-10-24(2)20-26/h5-8,10-13,20,28-30H,4,9,14-19,21-23H2,1-3H3,(H,36,41)/t28-,29+,30?. The maximum atomic E-state index is 13.4. The highest BCUT2D eigenvalue weighted by Crippen LogP contribution is 2.42. The molecule has 0 saturated carbocycles. The van der Waals surface area contributed by atoms with E-state index in [1.807, 2.05) is 73.3 Å². The van der Waals surface area contributed by atoms with E-state index in [-0.39, 0.29) is 12.1 Å². The molecule has 4 heterocycles. The summed E-state index contributed by atoms with van der Waals surface area (Å²) in [6, 6.07) is 19.3. The molecule has 43 heavy (non-hydrogen) atoms. The van der Waals surface area contributed by atoms with Crippen LogP contribution in [-0.2, 0) is 17.7 Å². The van der Waals surface area contributed by atoms with Crippen LogP contribution >= 0.6 is 0 Å². The molecule has 0 aliphatic carbocycles. The normalized spacial score (nSPS) is 21.4. The first-order valence-corrected chi connectivity index (χ1v) is 15.9. The number of para-hydroxylation sites is 1. The Kier molecular flexibility index (Phi) is 8.70. The van der Waals surface area contributed by atoms with E-state index in [2.05, 4.69) is 21.7 Å². The number of hydrogen-bond acceptors (Lipinski definition) is 5. The van der Waals surface area contributed by atoms with Crippen molar-refractivity contribution < 1.29 is 14.3 Å². The molecule has 2 aromatic carbocycles. The number of nitrogens with one attached hydrogen (secondary N) is 1. The summed E-state index contributed by atoms with van der Waals surface area (Å²) in [5.41, 5.74) is 5.17. The average Bonchev–Trinajstić information content (AvgIpc) is 3.45. The Balaban J connectivity index is 1.09. The number of carbonyl (C=O) groups excluding carboxylic acids is 2. The summed E-state index contributed by atoms with van der Waals surface area (Å²) < 4.78 is 7.73. The number of imidazole rings is 1. The molecular formula is C34H44N6O3. The van der Waals surface area contributed by atoms with Crippen molar-refractivity contribution in [1.82, 2.24) is 19.4 Å². The van der Waals surface area contributed by atoms with E-state index in [9.17, 15) is 9.59 Å². The highest BCUT2D eigenvalue weighted by atomic mass is 16.6. The predicted molar refractivity (Wildman–Crippen MR) is 168 cm³/mol. The maximum absolute atomic E-state index is 13.4. The predicted octanol–water partition coefficient (Wildman–Crippen LogP) is 6.31. The Bertz CT molecular complexity index is 1430. The topological polar surface area (TPSA) is 82.9 Å². The number of piperidine rings is 1. The lowest BCUT2D eigenvalue weighted by Crippen LogP contribution is -2.45. The number of amides is 3. The molecule has 3 amide bonds. The van der Waals surface area contributed by atoms with Gasteiger partial charge in [-0.3, -0.25) is 9.80 Å². The van der Waals surface area contributed by atoms with Crippen molar-refractivity contribution in [3.63, 3.8) is 0 Å². The lowest BCUT2D eigenvalue weighted by atomic mass is 9.95. The molecule has 3 atom stereocenters. The van der Waals surface area contributed by atoms with Crippen LogP contribution in [0.4, 0.5) is 21.0 Å². The Morgan fingerprint density at radius 2 is 1.79 bits per heavy atom. The van der Waals surface area contributed by atoms with Crippen molar-refractivity contribution >= 4 is 23.5 Å². The molecular weight excluding hydrogens is 540 g/mol. The fourth-order valence-corrected chi connectivity index (χ4v) is 7.50. The largest absolute Gasteiger partial charge is 0.450 e. The third kappa shape index (κ3) is 6.27. The minimum absolute atomic E-state index is 0.0969. The summed E-state index contributed by atoms with van der Waals surface area (Å²) in [5, 5.41) is 3.10. The smallest absolute Gasteiger partial charge is 0.410 e. The second kappa shape index (κ2) is 12.8. The molecule has 0 radical (unpaired) electrons. The lowest BCUT2D eigenvalue weighted by molar-refractivity contribution is 0.0980. The summed E-state index contributed by atoms with van der Waals surface area (Å²) >= 11 is 0. The SMILES string of the molecule is CCOC(=O)N1CCc2c(nc(C)n2C2C[C@H]3CC[C@@H](C2)N3CCCN(C(=O)Nc2cccc(C)c2)c2ccccc2)C1. The zero-order chi connectivity index (χ0) is 29.9. The van der Waals surface area contributed by atoms with Crippen LogP contribution in [0.3, 0.4) is 0 Å². The van der Waals surface area contributed by atoms with Gasteiger partial charge in [0.15, 0.2) is 0 Å². The molecule has 6 rings (SSSR count). The van der Waals surface area contributed by atoms with Gasteiger partial charge in [0.25, 0.3) is 0 Å². The Labute approximate surface area is 254 Å². The van der Waals surface area contributed by atoms with Crippen LogP contribution in [0, 0.1) is 13.8 Å². The van der Waals surface area contributed by atoms with Crippen LogP contribution in [0.1, 0.15) is 67.8 Å². The third-order valence-electron chi connectivity index (χ3n) is 9.36. The minimum Gasteiger partial charge on any atom is -0.450 e. The van der Waals surface area contributed by atoms with E-state index in [1.54, 1.807) is 4.90 Å². The number of fused-ring (bicyclic) bond motifs is 3. The van der Waals surface area contributed by atoms with Gasteiger partial charge in [-0.15, -0.1) is 0 Å². The Hall–Kier alpha value is -3.85. The number of ether oxygens (including phenoxy) is 1. The number of rotatable bonds is 8. The molecule has 1 aromatic heterocycles. The lowest BCUT2D eigenvalue weighted by Gasteiger charge is -2.41. The van der Waals surface area contributed by atoms with Crippen molar-refractivity contribution in [3.8, 4) is 0 Å². The molecule has 3 aliphatic heterocycles. The van der Waals surface area contributed by atoms with E-state index in [0.29, 0.717) is 44.4 Å². The number of aromatic nitrogens is 2. The van der Waals surface area contributed by atoms with Crippen LogP contribution in [0.15, 0.2) is 54.6 Å². The summed E-state index contributed by atoms with van der Waals surface area (Å²) in [7, 11) is 0. The molecule has 3 aliphatic rings. The van der Waals surface area contributed by atoms with E-state index in [1.165, 1.54) is 18.5 Å². The van der Waals surface area contributed by atoms with Crippen LogP contribution < -0.4 is 10.2 Å². The van der Waals surface area contributed by atoms with Gasteiger partial charge >= 0.3 is 12.1 Å². The second-order valence-electron chi connectivity index (χ2n) is 12.2. The van der Waals surface area contributed by atoms with Crippen LogP contribution in [0.25, 0.3) is 0 Å². The first kappa shape index (κ1) is 29.2. The van der Waals surface area contributed by atoms with E-state index < -0.39 is 0 Å². The van der Waals surface area contributed by atoms with Crippen LogP contribution in [0.5, 0.6) is 0 Å². The number of nitrogens with zero attached hydrogens (tertiary/aromatic N) is 5. The molecule has 9 heteroatoms. The molecule has 3 aromatic rings. The first-order valence-electron chi connectivity index (χ1n) is 15.9. The van der Waals surface area contributed by atoms with Gasteiger partial charge in [0.1, 0.15) is 5.82 Å². The van der Waals surface area contributed by atoms with Crippen molar-refractivity contribution in [3.05, 3.63) is 77.4 Å². The van der Waals surface area contributed by atoms with E-state index >= 15 is 0 Å². The first-order chi connectivity index (χ1) is 20.9. The van der Waals surface area contributed by atoms with Gasteiger partial charge in [-0.25, -0.2) is 14.6 Å². The van der Waals surface area contributed by atoms with Gasteiger partial charge < -0.3 is 19.5 Å². The maximum Gasteiger partial charge on any atom is 0.410 e. The third-order valence-corrected chi connectivity index (χ3v) is 9.36. The Morgan fingerprint density at radius 3 is 2.51 bits per heavy atom. The van der Waals surface area contributed by atoms with Crippen molar-refractivity contribution in [2.24, 2.45) is 0 Å². The molecule has 2 saturated heterocycles. The summed E-state index contributed by atoms with van der Waals surface area (Å²) in [4.78, 5) is 37.0. The number of anilines is 2. The highest BCUT2D eigenvalue weighted by Gasteiger charge is 2.42. The van der Waals surface area contributed by atoms with Crippen molar-refractivity contribution in [2.75, 3.05) is 36.5 Å². The average molecular weight is 585 g/mol. The molecule has 1 N–H and O–H groups in total. The zero-order valence-corrected chi connectivity index (χ0v) is 25.7. The van der Waals surface area contributed by atoms with Gasteiger partial charge in [0.2, 0.25) is 0 Å². The van der Waals surface area contributed by atoms with Gasteiger partial charge in [0.05, 0.1) is 18.8 Å². The van der Waals surface area contributed by atoms with Crippen molar-refractivity contribution in [2.45, 2.75) is 84.0 Å². The van der Waals surface area contributed by atoms with Gasteiger partial charge in [-0.05, 0) is 82.7 Å². The molecule has 9 nitrogen and oxygen atoms in total. The summed E-state index contributed by atoms with van der Waals surface area (Å²) in [6.45, 7) is 9.23. The molecule has 0 spiro atoms. The van der Waals surface area contributed by atoms with Gasteiger partial charge in [-0.1, -0.05) is 30.3 Å². The zero-order valence-electron chi connectivity index (χ0n) is 25.7. The van der Waals surface area contributed by atoms with E-state index in [4.69, 9.17) is 9.72 Å². The van der Waals surface area contributed by atoms with E-state index in [0.717, 1.165) is 60.7 Å². The fourth-order valence-electron chi connectivity index (χ4n) is 7.50. The van der Waals surface area contributed by atoms with Gasteiger partial charge in [0, 0.05) is 61.2 Å². The molecule has 2 bridgehead atoms. The van der Waals surface area contributed by atoms with Crippen molar-refractivity contribution in [1.29, 1.82) is 0 Å². The Morgan fingerprint density at radius 1 is 1.02 bits per heavy atom. The highest BCUT2D eigenvalue weighted by molar-refractivity contribution is 6.01. The minimum atomic E-state index is -0.245. The number of carbonyl (C=O) groups is 2. The number of urea groups is 1. The van der Waals surface area contributed by atoms with Gasteiger partial charge in [-0.2, -0.15) is 0 Å². The number of hydrogen-bond donors (Lipinski definition) is 1. The number of benzene rings is 2. The summed E-state index contributed by atoms with van der Waals surface area (Å²) in [5.74, 6) is 1.06. The van der Waals surface area contributed by atoms with Crippen LogP contribution in [0.2, 0.25) is 0 Å². The monoisotopic (exact) mass is 584 g/mol.